The van der Waals surface area contributed by atoms with Crippen LogP contribution in [0.15, 0.2) is 35.9 Å². The van der Waals surface area contributed by atoms with E-state index in [4.69, 9.17) is 22.4 Å². The van der Waals surface area contributed by atoms with E-state index in [1.54, 1.807) is 6.07 Å². The maximum atomic E-state index is 13.2. The fourth-order valence-corrected chi connectivity index (χ4v) is 6.66. The van der Waals surface area contributed by atoms with Gasteiger partial charge in [-0.15, -0.1) is 0 Å². The SMILES string of the molecule is N[C@@H](CSSC1CCN(C(C(=O)C2CC2)c2ccccc2Cl)C/C1=C/C(=O)O)C(=O)O. The Balaban J connectivity index is 1.77. The summed E-state index contributed by atoms with van der Waals surface area (Å²) in [6.45, 7) is 0.943. The molecule has 0 spiro atoms. The van der Waals surface area contributed by atoms with Gasteiger partial charge >= 0.3 is 11.9 Å². The zero-order valence-corrected chi connectivity index (χ0v) is 19.2. The van der Waals surface area contributed by atoms with Crippen LogP contribution in [0.4, 0.5) is 0 Å². The number of carbonyl (C=O) groups excluding carboxylic acids is 1. The Bertz CT molecular complexity index is 877. The first kappa shape index (κ1) is 24.1. The molecule has 1 saturated heterocycles. The van der Waals surface area contributed by atoms with Crippen LogP contribution in [0.3, 0.4) is 0 Å². The lowest BCUT2D eigenvalue weighted by molar-refractivity contribution is -0.138. The predicted molar refractivity (Wildman–Crippen MR) is 123 cm³/mol. The third-order valence-corrected chi connectivity index (χ3v) is 8.61. The molecule has 3 atom stereocenters. The Hall–Kier alpha value is -1.52. The van der Waals surface area contributed by atoms with Gasteiger partial charge in [-0.3, -0.25) is 14.5 Å². The van der Waals surface area contributed by atoms with Gasteiger partial charge in [0.2, 0.25) is 0 Å². The van der Waals surface area contributed by atoms with E-state index in [-0.39, 0.29) is 22.7 Å². The lowest BCUT2D eigenvalue weighted by Crippen LogP contribution is -2.43. The molecule has 2 aliphatic rings. The zero-order chi connectivity index (χ0) is 22.5. The molecule has 0 amide bonds. The summed E-state index contributed by atoms with van der Waals surface area (Å²) in [5.41, 5.74) is 7.00. The number of piperidine rings is 1. The first-order valence-electron chi connectivity index (χ1n) is 10.00. The molecule has 2 unspecified atom stereocenters. The van der Waals surface area contributed by atoms with Crippen molar-refractivity contribution in [1.29, 1.82) is 0 Å². The van der Waals surface area contributed by atoms with Crippen LogP contribution in [0.1, 0.15) is 30.9 Å². The van der Waals surface area contributed by atoms with E-state index in [1.807, 2.05) is 23.1 Å². The first-order valence-corrected chi connectivity index (χ1v) is 12.8. The highest BCUT2D eigenvalue weighted by Gasteiger charge is 2.41. The molecule has 7 nitrogen and oxygen atoms in total. The molecule has 2 fully saturated rings. The minimum Gasteiger partial charge on any atom is -0.480 e. The molecule has 1 aromatic rings. The molecule has 0 aromatic heterocycles. The molecule has 0 bridgehead atoms. The third kappa shape index (κ3) is 6.49. The predicted octanol–water partition coefficient (Wildman–Crippen LogP) is 3.24. The molecule has 1 aliphatic carbocycles. The normalized spacial score (nSPS) is 22.8. The number of likely N-dealkylation sites (tertiary alicyclic amines) is 1. The van der Waals surface area contributed by atoms with Crippen LogP contribution in [0, 0.1) is 5.92 Å². The highest BCUT2D eigenvalue weighted by atomic mass is 35.5. The van der Waals surface area contributed by atoms with E-state index >= 15 is 0 Å². The van der Waals surface area contributed by atoms with Gasteiger partial charge in [0.05, 0.1) is 6.04 Å². The summed E-state index contributed by atoms with van der Waals surface area (Å²) >= 11 is 6.43. The summed E-state index contributed by atoms with van der Waals surface area (Å²) in [6.07, 6.45) is 3.60. The fourth-order valence-electron chi connectivity index (χ4n) is 3.60. The molecule has 168 valence electrons. The molecular weight excluding hydrogens is 460 g/mol. The van der Waals surface area contributed by atoms with Crippen molar-refractivity contribution < 1.29 is 24.6 Å². The number of Topliss-reactive ketones (excluding diaryl/α,β-unsaturated/α-hetero) is 1. The van der Waals surface area contributed by atoms with E-state index in [1.165, 1.54) is 27.7 Å². The topological polar surface area (TPSA) is 121 Å². The van der Waals surface area contributed by atoms with Gasteiger partial charge in [0.1, 0.15) is 6.04 Å². The summed E-state index contributed by atoms with van der Waals surface area (Å²) in [5, 5.41) is 18.7. The molecule has 4 N–H and O–H groups in total. The number of carboxylic acids is 2. The average molecular weight is 485 g/mol. The lowest BCUT2D eigenvalue weighted by Gasteiger charge is -2.38. The van der Waals surface area contributed by atoms with Crippen molar-refractivity contribution in [3.8, 4) is 0 Å². The van der Waals surface area contributed by atoms with E-state index in [0.29, 0.717) is 30.1 Å². The van der Waals surface area contributed by atoms with Crippen LogP contribution in [0.2, 0.25) is 5.02 Å². The second-order valence-electron chi connectivity index (χ2n) is 7.73. The van der Waals surface area contributed by atoms with Crippen LogP contribution < -0.4 is 5.73 Å². The van der Waals surface area contributed by atoms with Crippen LogP contribution in [0.25, 0.3) is 0 Å². The van der Waals surface area contributed by atoms with Crippen LogP contribution in [0.5, 0.6) is 0 Å². The second-order valence-corrected chi connectivity index (χ2v) is 10.8. The molecule has 1 aliphatic heterocycles. The molecule has 0 radical (unpaired) electrons. The summed E-state index contributed by atoms with van der Waals surface area (Å²) in [5.74, 6) is -1.71. The number of hydrogen-bond donors (Lipinski definition) is 3. The largest absolute Gasteiger partial charge is 0.480 e. The minimum absolute atomic E-state index is 0.0355. The maximum absolute atomic E-state index is 13.2. The Labute approximate surface area is 193 Å². The number of nitrogens with zero attached hydrogens (tertiary/aromatic N) is 1. The van der Waals surface area contributed by atoms with Gasteiger partial charge in [0.15, 0.2) is 5.78 Å². The monoisotopic (exact) mass is 484 g/mol. The number of benzene rings is 1. The Morgan fingerprint density at radius 2 is 1.94 bits per heavy atom. The number of carboxylic acid groups (broad SMARTS) is 2. The van der Waals surface area contributed by atoms with Gasteiger partial charge in [-0.1, -0.05) is 51.4 Å². The summed E-state index contributed by atoms with van der Waals surface area (Å²) in [4.78, 5) is 37.5. The van der Waals surface area contributed by atoms with Crippen LogP contribution in [-0.4, -0.2) is 63.0 Å². The van der Waals surface area contributed by atoms with Gasteiger partial charge in [-0.2, -0.15) is 0 Å². The highest BCUT2D eigenvalue weighted by Crippen LogP contribution is 2.42. The molecular formula is C21H25ClN2O5S2. The van der Waals surface area contributed by atoms with Crippen molar-refractivity contribution in [3.05, 3.63) is 46.5 Å². The smallest absolute Gasteiger partial charge is 0.328 e. The van der Waals surface area contributed by atoms with Crippen LogP contribution in [-0.2, 0) is 14.4 Å². The molecule has 31 heavy (non-hydrogen) atoms. The van der Waals surface area contributed by atoms with Gasteiger partial charge < -0.3 is 15.9 Å². The quantitative estimate of drug-likeness (QED) is 0.339. The van der Waals surface area contributed by atoms with Crippen molar-refractivity contribution in [2.24, 2.45) is 11.7 Å². The molecule has 3 rings (SSSR count). The standard InChI is InChI=1S/C21H25ClN2O5S2/c22-15-4-2-1-3-14(15)19(20(27)12-5-6-12)24-8-7-17(13(10-24)9-18(25)26)31-30-11-16(23)21(28)29/h1-4,9,12,16-17,19H,5-8,10-11,23H2,(H,25,26)(H,28,29)/b13-9-/t16-,17?,19?/m0/s1. The van der Waals surface area contributed by atoms with Gasteiger partial charge in [-0.05, 0) is 36.5 Å². The number of aliphatic carboxylic acids is 2. The number of halogens is 1. The van der Waals surface area contributed by atoms with E-state index < -0.39 is 24.0 Å². The molecule has 1 aromatic carbocycles. The summed E-state index contributed by atoms with van der Waals surface area (Å²) in [7, 11) is 2.76. The van der Waals surface area contributed by atoms with Gasteiger partial charge in [-0.25, -0.2) is 4.79 Å². The molecule has 10 heteroatoms. The number of nitrogens with two attached hydrogens (primary N) is 1. The zero-order valence-electron chi connectivity index (χ0n) is 16.8. The van der Waals surface area contributed by atoms with Crippen LogP contribution >= 0.6 is 33.2 Å². The average Bonchev–Trinajstić information content (AvgIpc) is 3.55. The number of rotatable bonds is 10. The molecule has 1 saturated carbocycles. The lowest BCUT2D eigenvalue weighted by atomic mass is 9.94. The second kappa shape index (κ2) is 10.9. The van der Waals surface area contributed by atoms with Gasteiger partial charge in [0, 0.05) is 41.1 Å². The first-order chi connectivity index (χ1) is 14.8. The Morgan fingerprint density at radius 3 is 2.55 bits per heavy atom. The van der Waals surface area contributed by atoms with Crippen molar-refractivity contribution in [2.45, 2.75) is 36.6 Å². The maximum Gasteiger partial charge on any atom is 0.328 e. The van der Waals surface area contributed by atoms with Crippen molar-refractivity contribution in [1.82, 2.24) is 4.90 Å². The van der Waals surface area contributed by atoms with Crippen molar-refractivity contribution >= 4 is 50.9 Å². The van der Waals surface area contributed by atoms with E-state index in [9.17, 15) is 19.5 Å². The van der Waals surface area contributed by atoms with Gasteiger partial charge in [0.25, 0.3) is 0 Å². The van der Waals surface area contributed by atoms with Crippen molar-refractivity contribution in [3.63, 3.8) is 0 Å². The summed E-state index contributed by atoms with van der Waals surface area (Å²) < 4.78 is 0. The molecule has 1 heterocycles. The number of hydrogen-bond acceptors (Lipinski definition) is 7. The van der Waals surface area contributed by atoms with E-state index in [2.05, 4.69) is 0 Å². The Kier molecular flexibility index (Phi) is 8.46. The fraction of sp³-hybridized carbons (Fsp3) is 0.476. The number of ketones is 1. The number of carbonyl (C=O) groups is 3. The third-order valence-electron chi connectivity index (χ3n) is 5.35. The highest BCUT2D eigenvalue weighted by molar-refractivity contribution is 8.77. The minimum atomic E-state index is -1.06. The summed E-state index contributed by atoms with van der Waals surface area (Å²) in [6, 6.07) is 5.83. The Morgan fingerprint density at radius 1 is 1.23 bits per heavy atom. The van der Waals surface area contributed by atoms with E-state index in [0.717, 1.165) is 18.4 Å². The van der Waals surface area contributed by atoms with Crippen molar-refractivity contribution in [2.75, 3.05) is 18.8 Å².